The van der Waals surface area contributed by atoms with E-state index >= 15 is 0 Å². The lowest BCUT2D eigenvalue weighted by Crippen LogP contribution is -2.17. The van der Waals surface area contributed by atoms with Crippen molar-refractivity contribution in [3.05, 3.63) is 11.5 Å². The number of hydrogen-bond acceptors (Lipinski definition) is 2. The third kappa shape index (κ3) is 1.88. The van der Waals surface area contributed by atoms with E-state index in [1.165, 1.54) is 19.3 Å². The molecule has 19 heavy (non-hydrogen) atoms. The summed E-state index contributed by atoms with van der Waals surface area (Å²) in [7, 11) is 2.00. The van der Waals surface area contributed by atoms with E-state index in [1.54, 1.807) is 0 Å². The van der Waals surface area contributed by atoms with E-state index in [9.17, 15) is 0 Å². The highest BCUT2D eigenvalue weighted by Crippen LogP contribution is 2.40. The second-order valence-corrected chi connectivity index (χ2v) is 6.47. The molecule has 1 saturated carbocycles. The molecule has 0 saturated heterocycles. The minimum absolute atomic E-state index is 0.0698. The maximum atomic E-state index is 6.35. The van der Waals surface area contributed by atoms with Crippen LogP contribution in [0.3, 0.4) is 0 Å². The monoisotopic (exact) mass is 280 g/mol. The lowest BCUT2D eigenvalue weighted by Gasteiger charge is -2.21. The standard InChI is InChI=1S/C14H21ClN4/c1-8-6-5-7-11(8)19-13(9(2)15)16-12-10(3)17-18(4)14(12)19/h8-9,11H,5-7H2,1-4H3. The van der Waals surface area contributed by atoms with Gasteiger partial charge in [-0.3, -0.25) is 4.68 Å². The molecule has 0 aliphatic heterocycles. The lowest BCUT2D eigenvalue weighted by molar-refractivity contribution is 0.400. The van der Waals surface area contributed by atoms with Gasteiger partial charge in [-0.2, -0.15) is 5.10 Å². The minimum Gasteiger partial charge on any atom is -0.308 e. The van der Waals surface area contributed by atoms with Gasteiger partial charge in [0.15, 0.2) is 5.65 Å². The Hall–Kier alpha value is -1.03. The molecule has 0 aromatic carbocycles. The Labute approximate surface area is 118 Å². The summed E-state index contributed by atoms with van der Waals surface area (Å²) in [4.78, 5) is 4.76. The van der Waals surface area contributed by atoms with Crippen LogP contribution < -0.4 is 0 Å². The Morgan fingerprint density at radius 1 is 1.37 bits per heavy atom. The largest absolute Gasteiger partial charge is 0.308 e. The summed E-state index contributed by atoms with van der Waals surface area (Å²) in [5, 5.41) is 4.43. The summed E-state index contributed by atoms with van der Waals surface area (Å²) in [5.41, 5.74) is 3.11. The summed E-state index contributed by atoms with van der Waals surface area (Å²) < 4.78 is 4.30. The fraction of sp³-hybridized carbons (Fsp3) is 0.714. The van der Waals surface area contributed by atoms with Gasteiger partial charge in [-0.05, 0) is 32.6 Å². The van der Waals surface area contributed by atoms with E-state index in [0.29, 0.717) is 12.0 Å². The summed E-state index contributed by atoms with van der Waals surface area (Å²) >= 11 is 6.35. The SMILES string of the molecule is Cc1nn(C)c2c1nc(C(C)Cl)n2C1CCCC1C. The summed E-state index contributed by atoms with van der Waals surface area (Å²) in [6.45, 7) is 6.34. The minimum atomic E-state index is -0.0698. The van der Waals surface area contributed by atoms with Crippen molar-refractivity contribution in [1.82, 2.24) is 19.3 Å². The maximum Gasteiger partial charge on any atom is 0.158 e. The average molecular weight is 281 g/mol. The van der Waals surface area contributed by atoms with Crippen molar-refractivity contribution >= 4 is 22.8 Å². The highest BCUT2D eigenvalue weighted by Gasteiger charge is 2.31. The van der Waals surface area contributed by atoms with E-state index in [4.69, 9.17) is 16.6 Å². The van der Waals surface area contributed by atoms with Gasteiger partial charge in [0.25, 0.3) is 0 Å². The molecule has 1 aliphatic carbocycles. The fourth-order valence-corrected chi connectivity index (χ4v) is 3.58. The van der Waals surface area contributed by atoms with E-state index in [2.05, 4.69) is 16.6 Å². The van der Waals surface area contributed by atoms with Crippen LogP contribution in [0, 0.1) is 12.8 Å². The first-order chi connectivity index (χ1) is 9.00. The van der Waals surface area contributed by atoms with Gasteiger partial charge < -0.3 is 4.57 Å². The van der Waals surface area contributed by atoms with Crippen molar-refractivity contribution in [2.75, 3.05) is 0 Å². The number of halogens is 1. The molecule has 2 heterocycles. The molecule has 0 amide bonds. The van der Waals surface area contributed by atoms with Crippen LogP contribution in [0.15, 0.2) is 0 Å². The van der Waals surface area contributed by atoms with Gasteiger partial charge in [-0.15, -0.1) is 11.6 Å². The molecule has 2 aromatic heterocycles. The average Bonchev–Trinajstić information content (AvgIpc) is 2.96. The van der Waals surface area contributed by atoms with E-state index in [-0.39, 0.29) is 5.38 Å². The number of fused-ring (bicyclic) bond motifs is 1. The quantitative estimate of drug-likeness (QED) is 0.786. The Kier molecular flexibility index (Phi) is 3.08. The third-order valence-corrected chi connectivity index (χ3v) is 4.56. The van der Waals surface area contributed by atoms with Crippen molar-refractivity contribution in [3.63, 3.8) is 0 Å². The normalized spacial score (nSPS) is 25.3. The molecule has 1 fully saturated rings. The van der Waals surface area contributed by atoms with Crippen molar-refractivity contribution in [1.29, 1.82) is 0 Å². The number of imidazole rings is 1. The molecule has 0 bridgehead atoms. The van der Waals surface area contributed by atoms with Crippen LogP contribution in [0.25, 0.3) is 11.2 Å². The van der Waals surface area contributed by atoms with E-state index < -0.39 is 0 Å². The van der Waals surface area contributed by atoms with Gasteiger partial charge >= 0.3 is 0 Å². The van der Waals surface area contributed by atoms with Crippen LogP contribution in [0.2, 0.25) is 0 Å². The van der Waals surface area contributed by atoms with Gasteiger partial charge in [0, 0.05) is 13.1 Å². The molecule has 2 aromatic rings. The molecule has 3 rings (SSSR count). The molecule has 0 radical (unpaired) electrons. The van der Waals surface area contributed by atoms with Crippen LogP contribution in [0.5, 0.6) is 0 Å². The Bertz CT molecular complexity index is 611. The first-order valence-electron chi connectivity index (χ1n) is 7.06. The zero-order chi connectivity index (χ0) is 13.7. The van der Waals surface area contributed by atoms with Crippen LogP contribution in [-0.2, 0) is 7.05 Å². The second kappa shape index (κ2) is 4.51. The smallest absolute Gasteiger partial charge is 0.158 e. The number of aryl methyl sites for hydroxylation is 2. The van der Waals surface area contributed by atoms with Gasteiger partial charge in [-0.1, -0.05) is 13.3 Å². The van der Waals surface area contributed by atoms with Crippen LogP contribution in [-0.4, -0.2) is 19.3 Å². The zero-order valence-electron chi connectivity index (χ0n) is 12.0. The molecule has 5 heteroatoms. The molecular weight excluding hydrogens is 260 g/mol. The fourth-order valence-electron chi connectivity index (χ4n) is 3.43. The topological polar surface area (TPSA) is 35.6 Å². The number of alkyl halides is 1. The first kappa shape index (κ1) is 13.0. The molecule has 1 aliphatic rings. The summed E-state index contributed by atoms with van der Waals surface area (Å²) in [6, 6.07) is 0.510. The number of nitrogens with zero attached hydrogens (tertiary/aromatic N) is 4. The second-order valence-electron chi connectivity index (χ2n) is 5.81. The Morgan fingerprint density at radius 3 is 2.68 bits per heavy atom. The molecule has 3 unspecified atom stereocenters. The molecule has 104 valence electrons. The highest BCUT2D eigenvalue weighted by molar-refractivity contribution is 6.20. The molecule has 0 spiro atoms. The first-order valence-corrected chi connectivity index (χ1v) is 7.49. The van der Waals surface area contributed by atoms with Gasteiger partial charge in [0.2, 0.25) is 0 Å². The zero-order valence-corrected chi connectivity index (χ0v) is 12.8. The van der Waals surface area contributed by atoms with Crippen LogP contribution in [0.4, 0.5) is 0 Å². The highest BCUT2D eigenvalue weighted by atomic mass is 35.5. The third-order valence-electron chi connectivity index (χ3n) is 4.37. The Balaban J connectivity index is 2.27. The van der Waals surface area contributed by atoms with Crippen molar-refractivity contribution < 1.29 is 0 Å². The number of aromatic nitrogens is 4. The van der Waals surface area contributed by atoms with Crippen molar-refractivity contribution in [2.24, 2.45) is 13.0 Å². The molecule has 0 N–H and O–H groups in total. The van der Waals surface area contributed by atoms with Crippen LogP contribution >= 0.6 is 11.6 Å². The van der Waals surface area contributed by atoms with Gasteiger partial charge in [0.1, 0.15) is 11.3 Å². The van der Waals surface area contributed by atoms with Gasteiger partial charge in [0.05, 0.1) is 11.1 Å². The number of hydrogen-bond donors (Lipinski definition) is 0. The number of rotatable bonds is 2. The maximum absolute atomic E-state index is 6.35. The molecule has 4 nitrogen and oxygen atoms in total. The van der Waals surface area contributed by atoms with Crippen molar-refractivity contribution in [3.8, 4) is 0 Å². The molecule has 3 atom stereocenters. The lowest BCUT2D eigenvalue weighted by atomic mass is 10.1. The summed E-state index contributed by atoms with van der Waals surface area (Å²) in [5.74, 6) is 1.67. The summed E-state index contributed by atoms with van der Waals surface area (Å²) in [6.07, 6.45) is 3.79. The van der Waals surface area contributed by atoms with E-state index in [1.807, 2.05) is 25.6 Å². The van der Waals surface area contributed by atoms with Crippen molar-refractivity contribution in [2.45, 2.75) is 51.5 Å². The predicted octanol–water partition coefficient (Wildman–Crippen LogP) is 3.74. The predicted molar refractivity (Wildman–Crippen MR) is 77.6 cm³/mol. The Morgan fingerprint density at radius 2 is 2.11 bits per heavy atom. The molecular formula is C14H21ClN4. The van der Waals surface area contributed by atoms with Gasteiger partial charge in [-0.25, -0.2) is 4.98 Å². The van der Waals surface area contributed by atoms with Crippen LogP contribution in [0.1, 0.15) is 56.0 Å². The van der Waals surface area contributed by atoms with E-state index in [0.717, 1.165) is 22.7 Å².